The van der Waals surface area contributed by atoms with E-state index in [9.17, 15) is 13.2 Å². The predicted molar refractivity (Wildman–Crippen MR) is 86.7 cm³/mol. The normalized spacial score (nSPS) is 12.3. The molecule has 1 aromatic carbocycles. The third kappa shape index (κ3) is 6.46. The highest BCUT2D eigenvalue weighted by molar-refractivity contribution is 7.91. The van der Waals surface area contributed by atoms with Crippen molar-refractivity contribution in [1.29, 1.82) is 0 Å². The topological polar surface area (TPSA) is 75.3 Å². The number of carbonyl (C=O) groups is 1. The van der Waals surface area contributed by atoms with Crippen LogP contribution in [0.15, 0.2) is 29.2 Å². The third-order valence-corrected chi connectivity index (χ3v) is 4.88. The smallest absolute Gasteiger partial charge is 0.224 e. The van der Waals surface area contributed by atoms with E-state index in [1.165, 1.54) is 0 Å². The number of sulfone groups is 1. The second-order valence-electron chi connectivity index (χ2n) is 4.72. The zero-order valence-electron chi connectivity index (χ0n) is 12.5. The second kappa shape index (κ2) is 9.02. The van der Waals surface area contributed by atoms with E-state index in [0.29, 0.717) is 11.4 Å². The average Bonchev–Trinajstić information content (AvgIpc) is 2.45. The fourth-order valence-electron chi connectivity index (χ4n) is 1.60. The average molecular weight is 335 g/mol. The molecule has 0 aliphatic heterocycles. The van der Waals surface area contributed by atoms with Crippen molar-refractivity contribution in [2.75, 3.05) is 19.3 Å². The summed E-state index contributed by atoms with van der Waals surface area (Å²) in [5, 5.41) is 5.85. The van der Waals surface area contributed by atoms with Crippen LogP contribution in [-0.2, 0) is 21.1 Å². The SMILES string of the molecule is CCS(=O)(=O)c1ccc(CC(=O)NCC(C)NC)cc1.Cl. The molecule has 0 saturated carbocycles. The molecular weight excluding hydrogens is 312 g/mol. The van der Waals surface area contributed by atoms with Crippen molar-refractivity contribution in [1.82, 2.24) is 10.6 Å². The van der Waals surface area contributed by atoms with Crippen LogP contribution in [0.1, 0.15) is 19.4 Å². The Kier molecular flexibility index (Phi) is 8.54. The Balaban J connectivity index is 0.00000400. The lowest BCUT2D eigenvalue weighted by Gasteiger charge is -2.11. The number of nitrogens with one attached hydrogen (secondary N) is 2. The van der Waals surface area contributed by atoms with Gasteiger partial charge in [-0.2, -0.15) is 0 Å². The van der Waals surface area contributed by atoms with Crippen LogP contribution in [0.5, 0.6) is 0 Å². The van der Waals surface area contributed by atoms with Gasteiger partial charge in [0.2, 0.25) is 5.91 Å². The van der Waals surface area contributed by atoms with Gasteiger partial charge in [-0.15, -0.1) is 12.4 Å². The molecule has 2 N–H and O–H groups in total. The van der Waals surface area contributed by atoms with Gasteiger partial charge in [0.25, 0.3) is 0 Å². The number of rotatable bonds is 7. The first-order chi connectivity index (χ1) is 9.39. The van der Waals surface area contributed by atoms with Gasteiger partial charge in [-0.05, 0) is 31.7 Å². The van der Waals surface area contributed by atoms with E-state index < -0.39 is 9.84 Å². The quantitative estimate of drug-likeness (QED) is 0.785. The highest BCUT2D eigenvalue weighted by Gasteiger charge is 2.11. The minimum Gasteiger partial charge on any atom is -0.354 e. The van der Waals surface area contributed by atoms with Gasteiger partial charge in [0.05, 0.1) is 17.1 Å². The van der Waals surface area contributed by atoms with E-state index in [1.807, 2.05) is 14.0 Å². The van der Waals surface area contributed by atoms with E-state index in [-0.39, 0.29) is 36.5 Å². The van der Waals surface area contributed by atoms with Gasteiger partial charge in [0, 0.05) is 12.6 Å². The Morgan fingerprint density at radius 2 is 1.81 bits per heavy atom. The van der Waals surface area contributed by atoms with E-state index in [0.717, 1.165) is 5.56 Å². The maximum atomic E-state index is 11.7. The van der Waals surface area contributed by atoms with Gasteiger partial charge in [-0.1, -0.05) is 19.1 Å². The number of carbonyl (C=O) groups excluding carboxylic acids is 1. The van der Waals surface area contributed by atoms with Crippen molar-refractivity contribution >= 4 is 28.2 Å². The summed E-state index contributed by atoms with van der Waals surface area (Å²) in [7, 11) is -1.34. The number of benzene rings is 1. The summed E-state index contributed by atoms with van der Waals surface area (Å²) in [6.45, 7) is 4.15. The van der Waals surface area contributed by atoms with E-state index >= 15 is 0 Å². The lowest BCUT2D eigenvalue weighted by atomic mass is 10.1. The van der Waals surface area contributed by atoms with Gasteiger partial charge in [-0.3, -0.25) is 4.79 Å². The van der Waals surface area contributed by atoms with Crippen molar-refractivity contribution in [2.45, 2.75) is 31.2 Å². The molecule has 5 nitrogen and oxygen atoms in total. The molecule has 0 aliphatic rings. The fraction of sp³-hybridized carbons (Fsp3) is 0.500. The van der Waals surface area contributed by atoms with Crippen LogP contribution in [-0.4, -0.2) is 39.7 Å². The van der Waals surface area contributed by atoms with Crippen LogP contribution < -0.4 is 10.6 Å². The van der Waals surface area contributed by atoms with E-state index in [2.05, 4.69) is 10.6 Å². The van der Waals surface area contributed by atoms with Gasteiger partial charge in [-0.25, -0.2) is 8.42 Å². The summed E-state index contributed by atoms with van der Waals surface area (Å²) in [4.78, 5) is 12.0. The van der Waals surface area contributed by atoms with Crippen molar-refractivity contribution in [3.8, 4) is 0 Å². The largest absolute Gasteiger partial charge is 0.354 e. The first-order valence-corrected chi connectivity index (χ1v) is 8.30. The van der Waals surface area contributed by atoms with Gasteiger partial charge in [0.1, 0.15) is 0 Å². The molecule has 0 fully saturated rings. The van der Waals surface area contributed by atoms with Gasteiger partial charge in [0.15, 0.2) is 9.84 Å². The van der Waals surface area contributed by atoms with E-state index in [4.69, 9.17) is 0 Å². The van der Waals surface area contributed by atoms with Gasteiger partial charge < -0.3 is 10.6 Å². The number of likely N-dealkylation sites (N-methyl/N-ethyl adjacent to an activating group) is 1. The van der Waals surface area contributed by atoms with Crippen LogP contribution in [0.3, 0.4) is 0 Å². The zero-order chi connectivity index (χ0) is 15.2. The van der Waals surface area contributed by atoms with Crippen molar-refractivity contribution in [2.24, 2.45) is 0 Å². The first-order valence-electron chi connectivity index (χ1n) is 6.64. The number of hydrogen-bond donors (Lipinski definition) is 2. The molecule has 0 heterocycles. The van der Waals surface area contributed by atoms with Crippen molar-refractivity contribution in [3.05, 3.63) is 29.8 Å². The monoisotopic (exact) mass is 334 g/mol. The summed E-state index contributed by atoms with van der Waals surface area (Å²) in [6, 6.07) is 6.69. The first kappa shape index (κ1) is 19.9. The third-order valence-electron chi connectivity index (χ3n) is 3.13. The lowest BCUT2D eigenvalue weighted by molar-refractivity contribution is -0.120. The molecule has 120 valence electrons. The van der Waals surface area contributed by atoms with E-state index in [1.54, 1.807) is 31.2 Å². The molecule has 0 aromatic heterocycles. The minimum absolute atomic E-state index is 0. The van der Waals surface area contributed by atoms with Gasteiger partial charge >= 0.3 is 0 Å². The Morgan fingerprint density at radius 1 is 1.24 bits per heavy atom. The zero-order valence-corrected chi connectivity index (χ0v) is 14.2. The molecule has 1 amide bonds. The molecule has 0 radical (unpaired) electrons. The van der Waals surface area contributed by atoms with Crippen molar-refractivity contribution < 1.29 is 13.2 Å². The maximum Gasteiger partial charge on any atom is 0.224 e. The summed E-state index contributed by atoms with van der Waals surface area (Å²) in [5.74, 6) is 0.00700. The molecular formula is C14H23ClN2O3S. The highest BCUT2D eigenvalue weighted by atomic mass is 35.5. The molecule has 1 unspecified atom stereocenters. The molecule has 0 aliphatic carbocycles. The van der Waals surface area contributed by atoms with Crippen LogP contribution in [0.4, 0.5) is 0 Å². The molecule has 1 rings (SSSR count). The predicted octanol–water partition coefficient (Wildman–Crippen LogP) is 1.17. The van der Waals surface area contributed by atoms with Crippen LogP contribution >= 0.6 is 12.4 Å². The standard InChI is InChI=1S/C14H22N2O3S.ClH/c1-4-20(18,19)13-7-5-12(6-8-13)9-14(17)16-10-11(2)15-3;/h5-8,11,15H,4,9-10H2,1-3H3,(H,16,17);1H. The van der Waals surface area contributed by atoms with Crippen LogP contribution in [0.2, 0.25) is 0 Å². The summed E-state index contributed by atoms with van der Waals surface area (Å²) in [5.41, 5.74) is 0.801. The fourth-order valence-corrected chi connectivity index (χ4v) is 2.48. The molecule has 1 atom stereocenters. The molecule has 21 heavy (non-hydrogen) atoms. The second-order valence-corrected chi connectivity index (χ2v) is 7.00. The maximum absolute atomic E-state index is 11.7. The number of hydrogen-bond acceptors (Lipinski definition) is 4. The minimum atomic E-state index is -3.18. The summed E-state index contributed by atoms with van der Waals surface area (Å²) >= 11 is 0. The Bertz CT molecular complexity index is 544. The van der Waals surface area contributed by atoms with Crippen LogP contribution in [0, 0.1) is 0 Å². The van der Waals surface area contributed by atoms with Crippen molar-refractivity contribution in [3.63, 3.8) is 0 Å². The Labute approximate surface area is 132 Å². The molecule has 0 spiro atoms. The summed E-state index contributed by atoms with van der Waals surface area (Å²) in [6.07, 6.45) is 0.253. The number of halogens is 1. The Morgan fingerprint density at radius 3 is 2.29 bits per heavy atom. The summed E-state index contributed by atoms with van der Waals surface area (Å²) < 4.78 is 23.3. The highest BCUT2D eigenvalue weighted by Crippen LogP contribution is 2.12. The molecule has 0 bridgehead atoms. The lowest BCUT2D eigenvalue weighted by Crippen LogP contribution is -2.37. The molecule has 1 aromatic rings. The molecule has 0 saturated heterocycles. The Hall–Kier alpha value is -1.11. The molecule has 7 heteroatoms. The number of amides is 1. The van der Waals surface area contributed by atoms with Crippen LogP contribution in [0.25, 0.3) is 0 Å².